The van der Waals surface area contributed by atoms with Crippen LogP contribution < -0.4 is 10.1 Å². The minimum Gasteiger partial charge on any atom is -0.497 e. The minimum atomic E-state index is -1.08. The first-order valence-corrected chi connectivity index (χ1v) is 8.20. The molecule has 3 aromatic carbocycles. The molecule has 3 aromatic rings. The lowest BCUT2D eigenvalue weighted by molar-refractivity contribution is -0.117. The van der Waals surface area contributed by atoms with Crippen LogP contribution in [0.15, 0.2) is 60.7 Å². The average molecular weight is 349 g/mol. The van der Waals surface area contributed by atoms with Crippen molar-refractivity contribution in [3.63, 3.8) is 0 Å². The molecule has 5 heteroatoms. The van der Waals surface area contributed by atoms with Crippen LogP contribution in [-0.4, -0.2) is 24.1 Å². The zero-order valence-electron chi connectivity index (χ0n) is 14.5. The zero-order chi connectivity index (χ0) is 18.7. The van der Waals surface area contributed by atoms with Crippen LogP contribution in [0.5, 0.6) is 5.75 Å². The van der Waals surface area contributed by atoms with Gasteiger partial charge in [-0.3, -0.25) is 4.79 Å². The van der Waals surface area contributed by atoms with Gasteiger partial charge in [-0.1, -0.05) is 36.4 Å². The number of aromatic carboxylic acids is 1. The molecule has 1 atom stereocenters. The van der Waals surface area contributed by atoms with Crippen molar-refractivity contribution in [1.29, 1.82) is 0 Å². The predicted molar refractivity (Wildman–Crippen MR) is 101 cm³/mol. The highest BCUT2D eigenvalue weighted by atomic mass is 16.5. The van der Waals surface area contributed by atoms with Crippen molar-refractivity contribution in [3.05, 3.63) is 71.8 Å². The highest BCUT2D eigenvalue weighted by molar-refractivity contribution is 6.02. The Labute approximate surface area is 151 Å². The molecule has 5 nitrogen and oxygen atoms in total. The Kier molecular flexibility index (Phi) is 4.89. The van der Waals surface area contributed by atoms with Gasteiger partial charge in [-0.2, -0.15) is 0 Å². The molecule has 0 aliphatic carbocycles. The maximum absolute atomic E-state index is 12.6. The number of carbonyl (C=O) groups excluding carboxylic acids is 1. The van der Waals surface area contributed by atoms with Crippen molar-refractivity contribution in [3.8, 4) is 5.75 Å². The fourth-order valence-corrected chi connectivity index (χ4v) is 2.81. The third-order valence-corrected chi connectivity index (χ3v) is 4.38. The summed E-state index contributed by atoms with van der Waals surface area (Å²) in [6.45, 7) is 1.80. The summed E-state index contributed by atoms with van der Waals surface area (Å²) in [5, 5.41) is 14.0. The highest BCUT2D eigenvalue weighted by Gasteiger charge is 2.18. The average Bonchev–Trinajstić information content (AvgIpc) is 2.66. The summed E-state index contributed by atoms with van der Waals surface area (Å²) in [5.74, 6) is -0.982. The molecule has 0 heterocycles. The summed E-state index contributed by atoms with van der Waals surface area (Å²) in [6.07, 6.45) is 0. The number of benzene rings is 3. The van der Waals surface area contributed by atoms with Crippen LogP contribution in [0.1, 0.15) is 28.8 Å². The van der Waals surface area contributed by atoms with E-state index >= 15 is 0 Å². The van der Waals surface area contributed by atoms with Gasteiger partial charge in [0.05, 0.1) is 24.3 Å². The Morgan fingerprint density at radius 1 is 1.00 bits per heavy atom. The van der Waals surface area contributed by atoms with E-state index in [0.717, 1.165) is 22.1 Å². The summed E-state index contributed by atoms with van der Waals surface area (Å²) in [4.78, 5) is 23.9. The van der Waals surface area contributed by atoms with Crippen LogP contribution in [0.4, 0.5) is 5.69 Å². The van der Waals surface area contributed by atoms with Crippen LogP contribution in [0.25, 0.3) is 10.8 Å². The van der Waals surface area contributed by atoms with Gasteiger partial charge < -0.3 is 15.2 Å². The molecule has 0 saturated heterocycles. The van der Waals surface area contributed by atoms with E-state index in [-0.39, 0.29) is 11.5 Å². The van der Waals surface area contributed by atoms with Crippen molar-refractivity contribution >= 4 is 28.3 Å². The standard InChI is InChI=1S/C21H19NO4/c1-13(20(23)22-19-6-4-3-5-18(19)21(24)25)14-7-8-16-12-17(26-2)10-9-15(16)11-14/h3-13H,1-2H3,(H,22,23)(H,24,25). The van der Waals surface area contributed by atoms with Crippen LogP contribution in [0.2, 0.25) is 0 Å². The number of fused-ring (bicyclic) bond motifs is 1. The summed E-state index contributed by atoms with van der Waals surface area (Å²) < 4.78 is 5.22. The molecule has 0 aliphatic rings. The first kappa shape index (κ1) is 17.5. The van der Waals surface area contributed by atoms with E-state index < -0.39 is 11.9 Å². The molecule has 26 heavy (non-hydrogen) atoms. The topological polar surface area (TPSA) is 75.6 Å². The van der Waals surface area contributed by atoms with E-state index in [4.69, 9.17) is 4.74 Å². The van der Waals surface area contributed by atoms with E-state index in [2.05, 4.69) is 5.32 Å². The normalized spacial score (nSPS) is 11.8. The van der Waals surface area contributed by atoms with Gasteiger partial charge >= 0.3 is 5.97 Å². The van der Waals surface area contributed by atoms with E-state index in [1.54, 1.807) is 32.2 Å². The number of carboxylic acids is 1. The molecular formula is C21H19NO4. The number of hydrogen-bond acceptors (Lipinski definition) is 3. The molecule has 0 spiro atoms. The van der Waals surface area contributed by atoms with Gasteiger partial charge in [-0.05, 0) is 47.5 Å². The Bertz CT molecular complexity index is 981. The molecule has 0 radical (unpaired) electrons. The number of methoxy groups -OCH3 is 1. The molecule has 0 aromatic heterocycles. The van der Waals surface area contributed by atoms with Crippen molar-refractivity contribution in [2.24, 2.45) is 0 Å². The van der Waals surface area contributed by atoms with Crippen molar-refractivity contribution < 1.29 is 19.4 Å². The lowest BCUT2D eigenvalue weighted by Crippen LogP contribution is -2.20. The third kappa shape index (κ3) is 3.52. The molecule has 0 saturated carbocycles. The molecule has 3 rings (SSSR count). The lowest BCUT2D eigenvalue weighted by atomic mass is 9.96. The molecular weight excluding hydrogens is 330 g/mol. The quantitative estimate of drug-likeness (QED) is 0.720. The Balaban J connectivity index is 1.84. The predicted octanol–water partition coefficient (Wildman–Crippen LogP) is 4.29. The van der Waals surface area contributed by atoms with Crippen LogP contribution >= 0.6 is 0 Å². The van der Waals surface area contributed by atoms with Gasteiger partial charge in [0.2, 0.25) is 5.91 Å². The molecule has 1 amide bonds. The highest BCUT2D eigenvalue weighted by Crippen LogP contribution is 2.26. The van der Waals surface area contributed by atoms with Crippen LogP contribution in [-0.2, 0) is 4.79 Å². The number of carbonyl (C=O) groups is 2. The first-order valence-electron chi connectivity index (χ1n) is 8.20. The van der Waals surface area contributed by atoms with Gasteiger partial charge in [-0.25, -0.2) is 4.79 Å². The summed E-state index contributed by atoms with van der Waals surface area (Å²) in [7, 11) is 1.62. The molecule has 2 N–H and O–H groups in total. The molecule has 0 aliphatic heterocycles. The van der Waals surface area contributed by atoms with E-state index in [1.807, 2.05) is 36.4 Å². The number of carboxylic acid groups (broad SMARTS) is 1. The summed E-state index contributed by atoms with van der Waals surface area (Å²) in [5.41, 5.74) is 1.22. The number of hydrogen-bond donors (Lipinski definition) is 2. The van der Waals surface area contributed by atoms with Crippen LogP contribution in [0.3, 0.4) is 0 Å². The number of ether oxygens (including phenoxy) is 1. The number of amides is 1. The zero-order valence-corrected chi connectivity index (χ0v) is 14.5. The second-order valence-corrected chi connectivity index (χ2v) is 6.03. The Hall–Kier alpha value is -3.34. The number of nitrogens with one attached hydrogen (secondary N) is 1. The minimum absolute atomic E-state index is 0.0682. The Morgan fingerprint density at radius 3 is 2.42 bits per heavy atom. The van der Waals surface area contributed by atoms with E-state index in [1.165, 1.54) is 6.07 Å². The van der Waals surface area contributed by atoms with Crippen molar-refractivity contribution in [2.75, 3.05) is 12.4 Å². The summed E-state index contributed by atoms with van der Waals surface area (Å²) >= 11 is 0. The Morgan fingerprint density at radius 2 is 1.69 bits per heavy atom. The van der Waals surface area contributed by atoms with Crippen LogP contribution in [0, 0.1) is 0 Å². The number of rotatable bonds is 5. The first-order chi connectivity index (χ1) is 12.5. The third-order valence-electron chi connectivity index (χ3n) is 4.38. The number of anilines is 1. The van der Waals surface area contributed by atoms with Gasteiger partial charge in [0.25, 0.3) is 0 Å². The maximum atomic E-state index is 12.6. The number of para-hydroxylation sites is 1. The lowest BCUT2D eigenvalue weighted by Gasteiger charge is -2.15. The second kappa shape index (κ2) is 7.27. The maximum Gasteiger partial charge on any atom is 0.337 e. The van der Waals surface area contributed by atoms with Gasteiger partial charge in [0, 0.05) is 0 Å². The fourth-order valence-electron chi connectivity index (χ4n) is 2.81. The van der Waals surface area contributed by atoms with Gasteiger partial charge in [0.1, 0.15) is 5.75 Å². The monoisotopic (exact) mass is 349 g/mol. The van der Waals surface area contributed by atoms with Crippen molar-refractivity contribution in [1.82, 2.24) is 0 Å². The fraction of sp³-hybridized carbons (Fsp3) is 0.143. The smallest absolute Gasteiger partial charge is 0.337 e. The van der Waals surface area contributed by atoms with Crippen molar-refractivity contribution in [2.45, 2.75) is 12.8 Å². The van der Waals surface area contributed by atoms with Gasteiger partial charge in [0.15, 0.2) is 0 Å². The second-order valence-electron chi connectivity index (χ2n) is 6.03. The molecule has 0 fully saturated rings. The summed E-state index contributed by atoms with van der Waals surface area (Å²) in [6, 6.07) is 17.9. The molecule has 0 bridgehead atoms. The SMILES string of the molecule is COc1ccc2cc(C(C)C(=O)Nc3ccccc3C(=O)O)ccc2c1. The molecule has 1 unspecified atom stereocenters. The molecule has 132 valence electrons. The van der Waals surface area contributed by atoms with E-state index in [0.29, 0.717) is 5.69 Å². The van der Waals surface area contributed by atoms with E-state index in [9.17, 15) is 14.7 Å². The van der Waals surface area contributed by atoms with Gasteiger partial charge in [-0.15, -0.1) is 0 Å². The largest absolute Gasteiger partial charge is 0.497 e.